The highest BCUT2D eigenvalue weighted by molar-refractivity contribution is 7.92. The van der Waals surface area contributed by atoms with Crippen molar-refractivity contribution in [1.82, 2.24) is 10.2 Å². The Morgan fingerprint density at radius 2 is 1.78 bits per heavy atom. The zero-order chi connectivity index (χ0) is 24.1. The van der Waals surface area contributed by atoms with Crippen LogP contribution in [0.3, 0.4) is 0 Å². The van der Waals surface area contributed by atoms with Gasteiger partial charge in [0.1, 0.15) is 18.4 Å². The van der Waals surface area contributed by atoms with Gasteiger partial charge >= 0.3 is 0 Å². The van der Waals surface area contributed by atoms with Gasteiger partial charge in [0, 0.05) is 18.1 Å². The lowest BCUT2D eigenvalue weighted by molar-refractivity contribution is -0.139. The maximum Gasteiger partial charge on any atom is 0.244 e. The van der Waals surface area contributed by atoms with Crippen molar-refractivity contribution in [2.75, 3.05) is 23.7 Å². The minimum absolute atomic E-state index is 0.00352. The molecule has 0 aliphatic rings. The second-order valence-electron chi connectivity index (χ2n) is 7.42. The van der Waals surface area contributed by atoms with Gasteiger partial charge in [-0.1, -0.05) is 29.8 Å². The fourth-order valence-electron chi connectivity index (χ4n) is 3.14. The third-order valence-electron chi connectivity index (χ3n) is 4.90. The summed E-state index contributed by atoms with van der Waals surface area (Å²) >= 11 is 6.06. The highest BCUT2D eigenvalue weighted by atomic mass is 35.5. The van der Waals surface area contributed by atoms with Crippen LogP contribution in [0.5, 0.6) is 0 Å². The molecule has 7 nitrogen and oxygen atoms in total. The molecule has 0 aliphatic heterocycles. The summed E-state index contributed by atoms with van der Waals surface area (Å²) < 4.78 is 39.4. The molecule has 10 heteroatoms. The third kappa shape index (κ3) is 6.67. The maximum atomic E-state index is 13.3. The predicted octanol–water partition coefficient (Wildman–Crippen LogP) is 3.11. The summed E-state index contributed by atoms with van der Waals surface area (Å²) in [5.74, 6) is -1.39. The molecule has 1 atom stereocenters. The number of amides is 2. The molecule has 0 heterocycles. The SMILES string of the molecule is CCNC(=O)[C@@H](C)N(Cc1ccc(F)cc1)C(=O)CN(c1cc(Cl)ccc1C)S(C)(=O)=O. The fraction of sp³-hybridized carbons (Fsp3) is 0.364. The van der Waals surface area contributed by atoms with Crippen LogP contribution in [0.4, 0.5) is 10.1 Å². The van der Waals surface area contributed by atoms with E-state index in [1.807, 2.05) is 0 Å². The van der Waals surface area contributed by atoms with Crippen LogP contribution in [0.15, 0.2) is 42.5 Å². The van der Waals surface area contributed by atoms with Crippen molar-refractivity contribution in [2.45, 2.75) is 33.4 Å². The molecule has 0 fully saturated rings. The van der Waals surface area contributed by atoms with E-state index in [-0.39, 0.29) is 18.1 Å². The topological polar surface area (TPSA) is 86.8 Å². The number of carbonyl (C=O) groups is 2. The molecule has 0 saturated carbocycles. The Morgan fingerprint density at radius 1 is 1.16 bits per heavy atom. The highest BCUT2D eigenvalue weighted by Crippen LogP contribution is 2.26. The van der Waals surface area contributed by atoms with Crippen molar-refractivity contribution in [3.05, 3.63) is 64.4 Å². The molecule has 0 spiro atoms. The second kappa shape index (κ2) is 10.8. The van der Waals surface area contributed by atoms with Crippen LogP contribution in [-0.2, 0) is 26.2 Å². The van der Waals surface area contributed by atoms with Gasteiger partial charge in [0.05, 0.1) is 11.9 Å². The van der Waals surface area contributed by atoms with Gasteiger partial charge in [-0.25, -0.2) is 12.8 Å². The molecule has 0 radical (unpaired) electrons. The number of nitrogens with one attached hydrogen (secondary N) is 1. The molecular weight excluding hydrogens is 457 g/mol. The average molecular weight is 484 g/mol. The monoisotopic (exact) mass is 483 g/mol. The molecule has 0 unspecified atom stereocenters. The van der Waals surface area contributed by atoms with Crippen molar-refractivity contribution < 1.29 is 22.4 Å². The van der Waals surface area contributed by atoms with E-state index in [2.05, 4.69) is 5.32 Å². The van der Waals surface area contributed by atoms with Crippen molar-refractivity contribution >= 4 is 39.1 Å². The standard InChI is InChI=1S/C22H27ClFN3O4S/c1-5-25-22(29)16(3)26(13-17-7-10-19(24)11-8-17)21(28)14-27(32(4,30)31)20-12-18(23)9-6-15(20)2/h6-12,16H,5,13-14H2,1-4H3,(H,25,29)/t16-/m1/s1. The molecule has 0 aromatic heterocycles. The molecule has 0 aliphatic carbocycles. The molecule has 2 amide bonds. The predicted molar refractivity (Wildman–Crippen MR) is 123 cm³/mol. The summed E-state index contributed by atoms with van der Waals surface area (Å²) in [5.41, 5.74) is 1.50. The number of halogens is 2. The van der Waals surface area contributed by atoms with Crippen LogP contribution in [0.25, 0.3) is 0 Å². The lowest BCUT2D eigenvalue weighted by atomic mass is 10.1. The number of nitrogens with zero attached hydrogens (tertiary/aromatic N) is 2. The largest absolute Gasteiger partial charge is 0.355 e. The van der Waals surface area contributed by atoms with Crippen LogP contribution in [0.2, 0.25) is 5.02 Å². The average Bonchev–Trinajstić information content (AvgIpc) is 2.72. The summed E-state index contributed by atoms with van der Waals surface area (Å²) in [6, 6.07) is 9.41. The normalized spacial score (nSPS) is 12.2. The Balaban J connectivity index is 2.42. The van der Waals surface area contributed by atoms with Gasteiger partial charge in [0.25, 0.3) is 0 Å². The van der Waals surface area contributed by atoms with Crippen LogP contribution in [-0.4, -0.2) is 50.5 Å². The number of carbonyl (C=O) groups excluding carboxylic acids is 2. The van der Waals surface area contributed by atoms with E-state index in [1.165, 1.54) is 35.2 Å². The van der Waals surface area contributed by atoms with E-state index < -0.39 is 34.3 Å². The summed E-state index contributed by atoms with van der Waals surface area (Å²) in [5, 5.41) is 2.99. The smallest absolute Gasteiger partial charge is 0.244 e. The first-order valence-corrected chi connectivity index (χ1v) is 12.2. The van der Waals surface area contributed by atoms with Crippen molar-refractivity contribution in [1.29, 1.82) is 0 Å². The van der Waals surface area contributed by atoms with Crippen LogP contribution >= 0.6 is 11.6 Å². The molecule has 174 valence electrons. The van der Waals surface area contributed by atoms with E-state index in [0.717, 1.165) is 10.6 Å². The zero-order valence-corrected chi connectivity index (χ0v) is 20.0. The molecule has 0 bridgehead atoms. The third-order valence-corrected chi connectivity index (χ3v) is 6.27. The molecule has 2 aromatic carbocycles. The summed E-state index contributed by atoms with van der Waals surface area (Å²) in [7, 11) is -3.84. The van der Waals surface area contributed by atoms with Gasteiger partial charge in [-0.05, 0) is 56.2 Å². The minimum atomic E-state index is -3.84. The maximum absolute atomic E-state index is 13.3. The van der Waals surface area contributed by atoms with Crippen LogP contribution in [0.1, 0.15) is 25.0 Å². The summed E-state index contributed by atoms with van der Waals surface area (Å²) in [6.07, 6.45) is 0.998. The second-order valence-corrected chi connectivity index (χ2v) is 9.76. The minimum Gasteiger partial charge on any atom is -0.355 e. The molecule has 1 N–H and O–H groups in total. The Hall–Kier alpha value is -2.65. The number of anilines is 1. The number of aryl methyl sites for hydroxylation is 1. The van der Waals surface area contributed by atoms with Gasteiger partial charge in [0.2, 0.25) is 21.8 Å². The van der Waals surface area contributed by atoms with E-state index in [1.54, 1.807) is 32.9 Å². The van der Waals surface area contributed by atoms with E-state index in [4.69, 9.17) is 11.6 Å². The lowest BCUT2D eigenvalue weighted by Gasteiger charge is -2.32. The van der Waals surface area contributed by atoms with E-state index in [9.17, 15) is 22.4 Å². The van der Waals surface area contributed by atoms with Crippen molar-refractivity contribution in [2.24, 2.45) is 0 Å². The quantitative estimate of drug-likeness (QED) is 0.593. The van der Waals surface area contributed by atoms with Crippen LogP contribution < -0.4 is 9.62 Å². The number of likely N-dealkylation sites (N-methyl/N-ethyl adjacent to an activating group) is 1. The van der Waals surface area contributed by atoms with Crippen molar-refractivity contribution in [3.8, 4) is 0 Å². The summed E-state index contributed by atoms with van der Waals surface area (Å²) in [4.78, 5) is 27.1. The van der Waals surface area contributed by atoms with Gasteiger partial charge in [0.15, 0.2) is 0 Å². The number of hydrogen-bond donors (Lipinski definition) is 1. The molecule has 2 aromatic rings. The van der Waals surface area contributed by atoms with Gasteiger partial charge in [-0.2, -0.15) is 0 Å². The zero-order valence-electron chi connectivity index (χ0n) is 18.4. The van der Waals surface area contributed by atoms with Gasteiger partial charge in [-0.15, -0.1) is 0 Å². The molecule has 32 heavy (non-hydrogen) atoms. The molecule has 2 rings (SSSR count). The highest BCUT2D eigenvalue weighted by Gasteiger charge is 2.30. The Kier molecular flexibility index (Phi) is 8.63. The first kappa shape index (κ1) is 25.6. The first-order chi connectivity index (χ1) is 14.9. The van der Waals surface area contributed by atoms with Crippen LogP contribution in [0, 0.1) is 12.7 Å². The lowest BCUT2D eigenvalue weighted by Crippen LogP contribution is -2.51. The number of rotatable bonds is 9. The van der Waals surface area contributed by atoms with E-state index >= 15 is 0 Å². The number of benzene rings is 2. The first-order valence-electron chi connectivity index (χ1n) is 9.99. The fourth-order valence-corrected chi connectivity index (χ4v) is 4.20. The molecule has 0 saturated heterocycles. The van der Waals surface area contributed by atoms with E-state index in [0.29, 0.717) is 22.7 Å². The Labute approximate surface area is 193 Å². The Morgan fingerprint density at radius 3 is 2.34 bits per heavy atom. The summed E-state index contributed by atoms with van der Waals surface area (Å²) in [6.45, 7) is 4.88. The van der Waals surface area contributed by atoms with Gasteiger partial charge in [-0.3, -0.25) is 13.9 Å². The number of hydrogen-bond acceptors (Lipinski definition) is 4. The van der Waals surface area contributed by atoms with Gasteiger partial charge < -0.3 is 10.2 Å². The van der Waals surface area contributed by atoms with Crippen molar-refractivity contribution in [3.63, 3.8) is 0 Å². The molecular formula is C22H27ClFN3O4S. The number of sulfonamides is 1. The Bertz CT molecular complexity index is 1080.